The minimum atomic E-state index is -0.177. The lowest BCUT2D eigenvalue weighted by atomic mass is 10.2. The molecule has 1 saturated heterocycles. The van der Waals surface area contributed by atoms with Crippen molar-refractivity contribution in [3.8, 4) is 5.75 Å². The number of rotatable bonds is 4. The predicted octanol–water partition coefficient (Wildman–Crippen LogP) is 3.71. The summed E-state index contributed by atoms with van der Waals surface area (Å²) in [6.45, 7) is 2.11. The van der Waals surface area contributed by atoms with Gasteiger partial charge in [0.25, 0.3) is 5.91 Å². The van der Waals surface area contributed by atoms with Crippen molar-refractivity contribution >= 4 is 33.3 Å². The van der Waals surface area contributed by atoms with Gasteiger partial charge >= 0.3 is 0 Å². The van der Waals surface area contributed by atoms with Crippen molar-refractivity contribution in [1.29, 1.82) is 0 Å². The number of nitrogens with one attached hydrogen (secondary N) is 1. The van der Waals surface area contributed by atoms with Crippen molar-refractivity contribution < 1.29 is 9.53 Å². The molecule has 1 fully saturated rings. The van der Waals surface area contributed by atoms with Crippen molar-refractivity contribution in [2.45, 2.75) is 12.8 Å². The largest absolute Gasteiger partial charge is 0.496 e. The molecule has 2 aromatic rings. The second-order valence-corrected chi connectivity index (χ2v) is 6.26. The molecule has 1 aromatic carbocycles. The van der Waals surface area contributed by atoms with Gasteiger partial charge in [-0.2, -0.15) is 0 Å². The number of hydrogen-bond acceptors (Lipinski definition) is 4. The molecule has 1 aliphatic heterocycles. The highest BCUT2D eigenvalue weighted by Gasteiger charge is 2.14. The van der Waals surface area contributed by atoms with Crippen LogP contribution >= 0.6 is 15.9 Å². The Kier molecular flexibility index (Phi) is 4.81. The molecule has 0 spiro atoms. The van der Waals surface area contributed by atoms with Gasteiger partial charge in [0.05, 0.1) is 23.5 Å². The summed E-state index contributed by atoms with van der Waals surface area (Å²) in [5.74, 6) is 1.48. The van der Waals surface area contributed by atoms with Crippen LogP contribution < -0.4 is 15.0 Å². The number of anilines is 2. The van der Waals surface area contributed by atoms with E-state index in [2.05, 4.69) is 31.1 Å². The predicted molar refractivity (Wildman–Crippen MR) is 94.3 cm³/mol. The molecule has 5 nitrogen and oxygen atoms in total. The lowest BCUT2D eigenvalue weighted by Gasteiger charge is -2.16. The monoisotopic (exact) mass is 375 g/mol. The van der Waals surface area contributed by atoms with E-state index in [0.29, 0.717) is 17.0 Å². The molecule has 0 saturated carbocycles. The van der Waals surface area contributed by atoms with E-state index < -0.39 is 0 Å². The highest BCUT2D eigenvalue weighted by atomic mass is 79.9. The van der Waals surface area contributed by atoms with Gasteiger partial charge in [-0.15, -0.1) is 0 Å². The van der Waals surface area contributed by atoms with Crippen LogP contribution in [0.3, 0.4) is 0 Å². The average molecular weight is 376 g/mol. The molecule has 120 valence electrons. The molecule has 1 N–H and O–H groups in total. The zero-order valence-corrected chi connectivity index (χ0v) is 14.5. The van der Waals surface area contributed by atoms with Gasteiger partial charge in [0.15, 0.2) is 0 Å². The van der Waals surface area contributed by atoms with E-state index in [1.807, 2.05) is 12.1 Å². The molecule has 2 heterocycles. The Bertz CT molecular complexity index is 697. The first-order valence-corrected chi connectivity index (χ1v) is 8.32. The summed E-state index contributed by atoms with van der Waals surface area (Å²) < 4.78 is 5.91. The molecule has 0 bridgehead atoms. The molecule has 0 atom stereocenters. The Morgan fingerprint density at radius 3 is 2.65 bits per heavy atom. The zero-order chi connectivity index (χ0) is 16.2. The van der Waals surface area contributed by atoms with E-state index in [1.165, 1.54) is 12.8 Å². The second kappa shape index (κ2) is 7.00. The number of pyridine rings is 1. The number of methoxy groups -OCH3 is 1. The number of amides is 1. The Balaban J connectivity index is 1.68. The Morgan fingerprint density at radius 1 is 1.26 bits per heavy atom. The van der Waals surface area contributed by atoms with Gasteiger partial charge in [-0.3, -0.25) is 4.79 Å². The number of nitrogens with zero attached hydrogens (tertiary/aromatic N) is 2. The van der Waals surface area contributed by atoms with Crippen LogP contribution in [0.4, 0.5) is 11.5 Å². The van der Waals surface area contributed by atoms with Crippen LogP contribution in [0, 0.1) is 0 Å². The maximum Gasteiger partial charge on any atom is 0.255 e. The van der Waals surface area contributed by atoms with E-state index >= 15 is 0 Å². The topological polar surface area (TPSA) is 54.5 Å². The number of aromatic nitrogens is 1. The summed E-state index contributed by atoms with van der Waals surface area (Å²) in [5.41, 5.74) is 1.24. The molecular formula is C17H18BrN3O2. The summed E-state index contributed by atoms with van der Waals surface area (Å²) in [7, 11) is 1.59. The molecule has 0 radical (unpaired) electrons. The van der Waals surface area contributed by atoms with E-state index in [0.717, 1.165) is 23.4 Å². The third kappa shape index (κ3) is 3.64. The first-order chi connectivity index (χ1) is 11.2. The number of carbonyl (C=O) groups is 1. The Morgan fingerprint density at radius 2 is 2.04 bits per heavy atom. The second-order valence-electron chi connectivity index (χ2n) is 5.40. The van der Waals surface area contributed by atoms with Gasteiger partial charge in [-0.1, -0.05) is 0 Å². The standard InChI is InChI=1S/C17H18BrN3O2/c1-23-15-6-4-12(10-14(15)18)17(22)20-13-5-7-16(19-11-13)21-8-2-3-9-21/h4-7,10-11H,2-3,8-9H2,1H3,(H,20,22). The SMILES string of the molecule is COc1ccc(C(=O)Nc2ccc(N3CCCC3)nc2)cc1Br. The maximum atomic E-state index is 12.3. The number of carbonyl (C=O) groups excluding carboxylic acids is 1. The first kappa shape index (κ1) is 15.8. The van der Waals surface area contributed by atoms with Crippen LogP contribution in [-0.2, 0) is 0 Å². The van der Waals surface area contributed by atoms with E-state index in [9.17, 15) is 4.79 Å². The highest BCUT2D eigenvalue weighted by molar-refractivity contribution is 9.10. The van der Waals surface area contributed by atoms with Crippen molar-refractivity contribution in [2.75, 3.05) is 30.4 Å². The van der Waals surface area contributed by atoms with Crippen LogP contribution in [0.5, 0.6) is 5.75 Å². The lowest BCUT2D eigenvalue weighted by molar-refractivity contribution is 0.102. The fraction of sp³-hybridized carbons (Fsp3) is 0.294. The molecule has 1 aliphatic rings. The van der Waals surface area contributed by atoms with Crippen LogP contribution in [0.2, 0.25) is 0 Å². The molecular weight excluding hydrogens is 358 g/mol. The van der Waals surface area contributed by atoms with E-state index in [-0.39, 0.29) is 5.91 Å². The molecule has 23 heavy (non-hydrogen) atoms. The zero-order valence-electron chi connectivity index (χ0n) is 12.9. The molecule has 6 heteroatoms. The fourth-order valence-corrected chi connectivity index (χ4v) is 3.14. The van der Waals surface area contributed by atoms with E-state index in [1.54, 1.807) is 31.5 Å². The first-order valence-electron chi connectivity index (χ1n) is 7.53. The Hall–Kier alpha value is -2.08. The Labute approximate surface area is 143 Å². The third-order valence-electron chi connectivity index (χ3n) is 3.85. The maximum absolute atomic E-state index is 12.3. The number of benzene rings is 1. The third-order valence-corrected chi connectivity index (χ3v) is 4.47. The molecule has 0 unspecified atom stereocenters. The van der Waals surface area contributed by atoms with Gasteiger partial charge in [-0.25, -0.2) is 4.98 Å². The summed E-state index contributed by atoms with van der Waals surface area (Å²) in [5, 5.41) is 2.86. The summed E-state index contributed by atoms with van der Waals surface area (Å²) in [4.78, 5) is 19.0. The smallest absolute Gasteiger partial charge is 0.255 e. The van der Waals surface area contributed by atoms with Gasteiger partial charge in [0.2, 0.25) is 0 Å². The van der Waals surface area contributed by atoms with Crippen LogP contribution in [-0.4, -0.2) is 31.1 Å². The van der Waals surface area contributed by atoms with Gasteiger partial charge < -0.3 is 15.0 Å². The minimum Gasteiger partial charge on any atom is -0.496 e. The summed E-state index contributed by atoms with van der Waals surface area (Å²) in [6.07, 6.45) is 4.13. The summed E-state index contributed by atoms with van der Waals surface area (Å²) in [6, 6.07) is 9.06. The molecule has 1 aromatic heterocycles. The summed E-state index contributed by atoms with van der Waals surface area (Å²) >= 11 is 3.39. The van der Waals surface area contributed by atoms with Crippen LogP contribution in [0.25, 0.3) is 0 Å². The molecule has 1 amide bonds. The minimum absolute atomic E-state index is 0.177. The van der Waals surface area contributed by atoms with Crippen molar-refractivity contribution in [2.24, 2.45) is 0 Å². The lowest BCUT2D eigenvalue weighted by Crippen LogP contribution is -2.19. The number of hydrogen-bond donors (Lipinski definition) is 1. The van der Waals surface area contributed by atoms with Gasteiger partial charge in [0, 0.05) is 18.7 Å². The quantitative estimate of drug-likeness (QED) is 0.884. The van der Waals surface area contributed by atoms with Gasteiger partial charge in [0.1, 0.15) is 11.6 Å². The molecule has 0 aliphatic carbocycles. The average Bonchev–Trinajstić information content (AvgIpc) is 3.10. The number of halogens is 1. The van der Waals surface area contributed by atoms with Crippen LogP contribution in [0.1, 0.15) is 23.2 Å². The highest BCUT2D eigenvalue weighted by Crippen LogP contribution is 2.26. The van der Waals surface area contributed by atoms with Crippen LogP contribution in [0.15, 0.2) is 41.0 Å². The van der Waals surface area contributed by atoms with Crippen molar-refractivity contribution in [3.63, 3.8) is 0 Å². The molecule has 3 rings (SSSR count). The van der Waals surface area contributed by atoms with E-state index in [4.69, 9.17) is 4.74 Å². The van der Waals surface area contributed by atoms with Gasteiger partial charge in [-0.05, 0) is 59.1 Å². The van der Waals surface area contributed by atoms with Crippen molar-refractivity contribution in [3.05, 3.63) is 46.6 Å². The fourth-order valence-electron chi connectivity index (χ4n) is 2.60. The normalized spacial score (nSPS) is 13.9. The van der Waals surface area contributed by atoms with Crippen molar-refractivity contribution in [1.82, 2.24) is 4.98 Å². The number of ether oxygens (including phenoxy) is 1.